The molecule has 4 bridgehead atoms. The number of rotatable bonds is 17. The van der Waals surface area contributed by atoms with Crippen LogP contribution in [0.15, 0.2) is 60.8 Å². The van der Waals surface area contributed by atoms with Gasteiger partial charge in [-0.1, -0.05) is 49.4 Å². The number of fused-ring (bicyclic) bond motifs is 2. The maximum atomic E-state index is 14.2. The summed E-state index contributed by atoms with van der Waals surface area (Å²) in [5.74, 6) is -0.0724. The number of ether oxygens (including phenoxy) is 5. The molecule has 4 aliphatic carbocycles. The van der Waals surface area contributed by atoms with Gasteiger partial charge in [-0.15, -0.1) is 0 Å². The van der Waals surface area contributed by atoms with Gasteiger partial charge in [0.15, 0.2) is 10.8 Å². The van der Waals surface area contributed by atoms with Crippen molar-refractivity contribution in [3.05, 3.63) is 88.9 Å². The smallest absolute Gasteiger partial charge is 0.410 e. The molecule has 15 nitrogen and oxygen atoms in total. The summed E-state index contributed by atoms with van der Waals surface area (Å²) in [6.45, 7) is 22.7. The SMILES string of the molecule is Cc1c(-c2ccc(N3CCc4cccc(C(=O)Nc5nc6ccccc6s5)c4C3)nc2C(=O)OC(C)(C)C)cnn1CC12CC3(C)CC(C)(C1)CC(OCCOCCOCCN(C)C(=O)OC(C)(C)C)(C3)C2. The lowest BCUT2D eigenvalue weighted by Gasteiger charge is -2.69. The van der Waals surface area contributed by atoms with Crippen molar-refractivity contribution in [3.63, 3.8) is 0 Å². The number of benzene rings is 2. The van der Waals surface area contributed by atoms with Crippen LogP contribution < -0.4 is 10.2 Å². The minimum atomic E-state index is -0.743. The minimum Gasteiger partial charge on any atom is -0.455 e. The van der Waals surface area contributed by atoms with Gasteiger partial charge in [0, 0.05) is 55.6 Å². The van der Waals surface area contributed by atoms with E-state index < -0.39 is 17.2 Å². The molecule has 0 spiro atoms. The van der Waals surface area contributed by atoms with Crippen molar-refractivity contribution in [1.82, 2.24) is 24.6 Å². The van der Waals surface area contributed by atoms with E-state index in [0.29, 0.717) is 81.2 Å². The number of hydrogen-bond donors (Lipinski definition) is 1. The number of nitrogens with zero attached hydrogens (tertiary/aromatic N) is 6. The number of thiazole rings is 1. The van der Waals surface area contributed by atoms with E-state index in [-0.39, 0.29) is 39.5 Å². The minimum absolute atomic E-state index is 0.0156. The number of carbonyl (C=O) groups excluding carboxylic acids is 3. The monoisotopic (exact) mass is 1000 g/mol. The number of carbonyl (C=O) groups is 3. The van der Waals surface area contributed by atoms with Crippen LogP contribution in [0.1, 0.15) is 132 Å². The number of anilines is 2. The Morgan fingerprint density at radius 3 is 2.22 bits per heavy atom. The van der Waals surface area contributed by atoms with Gasteiger partial charge in [-0.3, -0.25) is 14.8 Å². The Balaban J connectivity index is 0.876. The Kier molecular flexibility index (Phi) is 14.1. The van der Waals surface area contributed by atoms with Gasteiger partial charge < -0.3 is 33.5 Å². The number of hydrogen-bond acceptors (Lipinski definition) is 13. The van der Waals surface area contributed by atoms with Crippen molar-refractivity contribution >= 4 is 50.5 Å². The summed E-state index contributed by atoms with van der Waals surface area (Å²) in [4.78, 5) is 53.7. The molecule has 4 saturated carbocycles. The van der Waals surface area contributed by atoms with Crippen LogP contribution in [0.25, 0.3) is 21.3 Å². The molecule has 2 atom stereocenters. The summed E-state index contributed by atoms with van der Waals surface area (Å²) in [5.41, 5.74) is 4.96. The number of amides is 2. The second kappa shape index (κ2) is 19.8. The standard InChI is InChI=1S/C56H73N7O8S/c1-37-41(28-57-63(37)36-55-31-53(8)30-54(9,32-55)34-56(33-53,35-55)69-27-26-68-25-24-67-23-22-61(10)50(66)71-52(5,6)7)39-18-19-45(59-46(39)48(65)70-51(2,3)4)62-21-20-38-14-13-15-40(42(38)29-62)47(64)60-49-58-43-16-11-12-17-44(43)72-49/h11-19,28H,20-27,29-36H2,1-10H3,(H,58,60,64). The highest BCUT2D eigenvalue weighted by molar-refractivity contribution is 7.22. The Bertz CT molecular complexity index is 2770. The number of aromatic nitrogens is 4. The molecule has 0 radical (unpaired) electrons. The second-order valence-corrected chi connectivity index (χ2v) is 24.8. The maximum absolute atomic E-state index is 14.2. The average Bonchev–Trinajstić information content (AvgIpc) is 3.86. The van der Waals surface area contributed by atoms with Crippen molar-refractivity contribution < 1.29 is 38.1 Å². The molecular weight excluding hydrogens is 931 g/mol. The molecule has 5 aromatic rings. The summed E-state index contributed by atoms with van der Waals surface area (Å²) < 4.78 is 33.3. The lowest BCUT2D eigenvalue weighted by molar-refractivity contribution is -0.250. The zero-order valence-electron chi connectivity index (χ0n) is 43.9. The van der Waals surface area contributed by atoms with Crippen LogP contribution in [0, 0.1) is 23.2 Å². The zero-order chi connectivity index (χ0) is 51.3. The van der Waals surface area contributed by atoms with Crippen LogP contribution in [0.4, 0.5) is 15.7 Å². The predicted molar refractivity (Wildman–Crippen MR) is 280 cm³/mol. The van der Waals surface area contributed by atoms with Crippen molar-refractivity contribution in [2.45, 2.75) is 137 Å². The second-order valence-electron chi connectivity index (χ2n) is 23.8. The quantitative estimate of drug-likeness (QED) is 0.0695. The summed E-state index contributed by atoms with van der Waals surface area (Å²) in [7, 11) is 1.71. The van der Waals surface area contributed by atoms with E-state index in [1.54, 1.807) is 7.05 Å². The van der Waals surface area contributed by atoms with E-state index >= 15 is 0 Å². The third-order valence-corrected chi connectivity index (χ3v) is 15.6. The Morgan fingerprint density at radius 2 is 1.50 bits per heavy atom. The van der Waals surface area contributed by atoms with E-state index in [9.17, 15) is 14.4 Å². The first-order valence-electron chi connectivity index (χ1n) is 25.5. The van der Waals surface area contributed by atoms with E-state index in [1.807, 2.05) is 96.3 Å². The number of para-hydroxylation sites is 1. The first kappa shape index (κ1) is 51.5. The summed E-state index contributed by atoms with van der Waals surface area (Å²) in [5, 5.41) is 8.65. The van der Waals surface area contributed by atoms with Crippen molar-refractivity contribution in [1.29, 1.82) is 0 Å². The molecule has 0 saturated heterocycles. The first-order chi connectivity index (χ1) is 34.0. The Hall–Kier alpha value is -5.42. The molecule has 10 rings (SSSR count). The van der Waals surface area contributed by atoms with E-state index in [0.717, 1.165) is 71.2 Å². The molecule has 16 heteroatoms. The molecule has 2 amide bonds. The fraction of sp³-hybridized carbons (Fsp3) is 0.571. The number of nitrogens with one attached hydrogen (secondary N) is 1. The Labute approximate surface area is 428 Å². The average molecular weight is 1000 g/mol. The molecule has 1 aliphatic heterocycles. The van der Waals surface area contributed by atoms with Gasteiger partial charge in [-0.25, -0.2) is 19.6 Å². The van der Waals surface area contributed by atoms with Crippen LogP contribution in [-0.2, 0) is 43.2 Å². The molecule has 72 heavy (non-hydrogen) atoms. The van der Waals surface area contributed by atoms with Gasteiger partial charge >= 0.3 is 12.1 Å². The van der Waals surface area contributed by atoms with Crippen molar-refractivity contribution in [3.8, 4) is 11.1 Å². The normalized spacial score (nSPS) is 23.6. The summed E-state index contributed by atoms with van der Waals surface area (Å²) in [6.07, 6.45) is 8.65. The van der Waals surface area contributed by atoms with E-state index in [4.69, 9.17) is 33.8 Å². The highest BCUT2D eigenvalue weighted by Crippen LogP contribution is 2.72. The predicted octanol–water partition coefficient (Wildman–Crippen LogP) is 10.7. The van der Waals surface area contributed by atoms with Gasteiger partial charge in [-0.2, -0.15) is 5.10 Å². The molecule has 4 fully saturated rings. The molecule has 386 valence electrons. The van der Waals surface area contributed by atoms with Crippen LogP contribution in [0.5, 0.6) is 0 Å². The van der Waals surface area contributed by atoms with Gasteiger partial charge in [-0.05, 0) is 151 Å². The number of esters is 1. The van der Waals surface area contributed by atoms with Crippen LogP contribution >= 0.6 is 11.3 Å². The Morgan fingerprint density at radius 1 is 0.792 bits per heavy atom. The zero-order valence-corrected chi connectivity index (χ0v) is 44.8. The van der Waals surface area contributed by atoms with Crippen molar-refractivity contribution in [2.75, 3.05) is 63.4 Å². The van der Waals surface area contributed by atoms with Crippen molar-refractivity contribution in [2.24, 2.45) is 16.2 Å². The first-order valence-corrected chi connectivity index (χ1v) is 26.4. The molecule has 5 aliphatic rings. The molecule has 2 unspecified atom stereocenters. The lowest BCUT2D eigenvalue weighted by Crippen LogP contribution is -2.64. The number of pyridine rings is 1. The molecule has 1 N–H and O–H groups in total. The molecule has 3 aromatic heterocycles. The maximum Gasteiger partial charge on any atom is 0.410 e. The van der Waals surface area contributed by atoms with Gasteiger partial charge in [0.25, 0.3) is 5.91 Å². The highest BCUT2D eigenvalue weighted by Gasteiger charge is 2.66. The van der Waals surface area contributed by atoms with Crippen LogP contribution in [-0.4, -0.2) is 113 Å². The molecule has 4 heterocycles. The molecular formula is C56H73N7O8S. The summed E-state index contributed by atoms with van der Waals surface area (Å²) >= 11 is 1.45. The summed E-state index contributed by atoms with van der Waals surface area (Å²) in [6, 6.07) is 17.7. The van der Waals surface area contributed by atoms with Crippen LogP contribution in [0.2, 0.25) is 0 Å². The largest absolute Gasteiger partial charge is 0.455 e. The number of likely N-dealkylation sites (N-methyl/N-ethyl adjacent to an activating group) is 1. The van der Waals surface area contributed by atoms with Gasteiger partial charge in [0.2, 0.25) is 0 Å². The van der Waals surface area contributed by atoms with Crippen LogP contribution in [0.3, 0.4) is 0 Å². The third-order valence-electron chi connectivity index (χ3n) is 14.6. The fourth-order valence-corrected chi connectivity index (χ4v) is 13.9. The molecule has 2 aromatic carbocycles. The topological polar surface area (TPSA) is 159 Å². The van der Waals surface area contributed by atoms with Gasteiger partial charge in [0.05, 0.1) is 55.0 Å². The highest BCUT2D eigenvalue weighted by atomic mass is 32.1. The third kappa shape index (κ3) is 11.5. The fourth-order valence-electron chi connectivity index (χ4n) is 13.0. The van der Waals surface area contributed by atoms with E-state index in [2.05, 4.69) is 46.7 Å². The lowest BCUT2D eigenvalue weighted by atomic mass is 9.39. The van der Waals surface area contributed by atoms with Gasteiger partial charge in [0.1, 0.15) is 17.0 Å². The van der Waals surface area contributed by atoms with E-state index in [1.165, 1.54) is 22.7 Å².